The largest absolute Gasteiger partial charge is 0.489 e. The molecule has 0 aliphatic carbocycles. The van der Waals surface area contributed by atoms with Gasteiger partial charge in [0, 0.05) is 6.04 Å². The highest BCUT2D eigenvalue weighted by Gasteiger charge is 2.05. The third-order valence-electron chi connectivity index (χ3n) is 2.96. The fourth-order valence-electron chi connectivity index (χ4n) is 1.89. The summed E-state index contributed by atoms with van der Waals surface area (Å²) in [5, 5.41) is 0. The van der Waals surface area contributed by atoms with Crippen molar-refractivity contribution in [2.24, 2.45) is 5.73 Å². The highest BCUT2D eigenvalue weighted by Crippen LogP contribution is 2.21. The molecule has 0 spiro atoms. The molecule has 3 heteroatoms. The van der Waals surface area contributed by atoms with E-state index in [4.69, 9.17) is 10.5 Å². The molecule has 0 amide bonds. The average molecular weight is 290 g/mol. The molecule has 0 saturated heterocycles. The molecule has 20 heavy (non-hydrogen) atoms. The molecule has 0 unspecified atom stereocenters. The summed E-state index contributed by atoms with van der Waals surface area (Å²) in [5.74, 6) is 0.848. The van der Waals surface area contributed by atoms with Crippen molar-refractivity contribution in [3.05, 3.63) is 78.4 Å². The Hall–Kier alpha value is -1.77. The minimum Gasteiger partial charge on any atom is -0.489 e. The predicted molar refractivity (Wildman–Crippen MR) is 86.2 cm³/mol. The fourth-order valence-corrected chi connectivity index (χ4v) is 1.89. The smallest absolute Gasteiger partial charge is 0.120 e. The molecule has 0 radical (unpaired) electrons. The van der Waals surface area contributed by atoms with Crippen LogP contribution in [0.2, 0.25) is 0 Å². The van der Waals surface area contributed by atoms with Crippen LogP contribution >= 0.6 is 12.4 Å². The summed E-state index contributed by atoms with van der Waals surface area (Å²) in [7, 11) is 0. The standard InChI is InChI=1S/C17H19NO.ClH/c1-2-7-17(18)15-10-6-11-16(12-15)19-13-14-8-4-3-5-9-14;/h2-6,8-12,17H,1,7,13,18H2;1H/t17-;/m0./s1. The van der Waals surface area contributed by atoms with Gasteiger partial charge in [0.05, 0.1) is 0 Å². The van der Waals surface area contributed by atoms with Crippen molar-refractivity contribution in [1.82, 2.24) is 0 Å². The Morgan fingerprint density at radius 1 is 1.10 bits per heavy atom. The molecule has 2 N–H and O–H groups in total. The zero-order valence-corrected chi connectivity index (χ0v) is 12.2. The van der Waals surface area contributed by atoms with E-state index < -0.39 is 0 Å². The van der Waals surface area contributed by atoms with Crippen LogP contribution in [0.25, 0.3) is 0 Å². The van der Waals surface area contributed by atoms with Crippen molar-refractivity contribution >= 4 is 12.4 Å². The summed E-state index contributed by atoms with van der Waals surface area (Å²) in [5.41, 5.74) is 8.29. The zero-order valence-electron chi connectivity index (χ0n) is 11.4. The van der Waals surface area contributed by atoms with Crippen molar-refractivity contribution in [3.8, 4) is 5.75 Å². The summed E-state index contributed by atoms with van der Waals surface area (Å²) >= 11 is 0. The first-order valence-electron chi connectivity index (χ1n) is 6.43. The molecule has 1 atom stereocenters. The minimum atomic E-state index is -0.0159. The number of ether oxygens (including phenoxy) is 1. The number of hydrogen-bond acceptors (Lipinski definition) is 2. The monoisotopic (exact) mass is 289 g/mol. The molecule has 2 nitrogen and oxygen atoms in total. The Morgan fingerprint density at radius 2 is 1.85 bits per heavy atom. The number of rotatable bonds is 6. The topological polar surface area (TPSA) is 35.2 Å². The van der Waals surface area contributed by atoms with Crippen molar-refractivity contribution in [3.63, 3.8) is 0 Å². The maximum Gasteiger partial charge on any atom is 0.120 e. The normalized spacial score (nSPS) is 11.2. The molecule has 0 saturated carbocycles. The average Bonchev–Trinajstić information content (AvgIpc) is 2.47. The second-order valence-corrected chi connectivity index (χ2v) is 4.48. The Bertz CT molecular complexity index is 528. The number of hydrogen-bond donors (Lipinski definition) is 1. The molecule has 0 aromatic heterocycles. The molecule has 106 valence electrons. The number of halogens is 1. The van der Waals surface area contributed by atoms with E-state index in [2.05, 4.69) is 6.58 Å². The van der Waals surface area contributed by atoms with Crippen molar-refractivity contribution in [2.75, 3.05) is 0 Å². The third-order valence-corrected chi connectivity index (χ3v) is 2.96. The summed E-state index contributed by atoms with van der Waals surface area (Å²) in [6.45, 7) is 4.28. The zero-order chi connectivity index (χ0) is 13.5. The second kappa shape index (κ2) is 8.41. The van der Waals surface area contributed by atoms with Gasteiger partial charge in [0.2, 0.25) is 0 Å². The van der Waals surface area contributed by atoms with Gasteiger partial charge in [0.1, 0.15) is 12.4 Å². The lowest BCUT2D eigenvalue weighted by molar-refractivity contribution is 0.305. The van der Waals surface area contributed by atoms with Gasteiger partial charge in [-0.3, -0.25) is 0 Å². The Balaban J connectivity index is 0.00000200. The van der Waals surface area contributed by atoms with Crippen LogP contribution in [-0.4, -0.2) is 0 Å². The van der Waals surface area contributed by atoms with E-state index in [9.17, 15) is 0 Å². The van der Waals surface area contributed by atoms with Crippen molar-refractivity contribution < 1.29 is 4.74 Å². The molecule has 0 aliphatic heterocycles. The maximum absolute atomic E-state index is 6.05. The Kier molecular flexibility index (Phi) is 6.85. The summed E-state index contributed by atoms with van der Waals surface area (Å²) < 4.78 is 5.78. The highest BCUT2D eigenvalue weighted by molar-refractivity contribution is 5.85. The van der Waals surface area contributed by atoms with Gasteiger partial charge >= 0.3 is 0 Å². The van der Waals surface area contributed by atoms with E-state index in [1.807, 2.05) is 60.7 Å². The molecule has 0 heterocycles. The SMILES string of the molecule is C=CC[C@H](N)c1cccc(OCc2ccccc2)c1.Cl. The van der Waals surface area contributed by atoms with Crippen LogP contribution in [0, 0.1) is 0 Å². The van der Waals surface area contributed by atoms with Gasteiger partial charge < -0.3 is 10.5 Å². The van der Waals surface area contributed by atoms with Gasteiger partial charge in [-0.25, -0.2) is 0 Å². The van der Waals surface area contributed by atoms with Crippen molar-refractivity contribution in [1.29, 1.82) is 0 Å². The van der Waals surface area contributed by atoms with Crippen LogP contribution in [-0.2, 0) is 6.61 Å². The summed E-state index contributed by atoms with van der Waals surface area (Å²) in [6.07, 6.45) is 2.60. The molecule has 2 aromatic carbocycles. The summed E-state index contributed by atoms with van der Waals surface area (Å²) in [4.78, 5) is 0. The highest BCUT2D eigenvalue weighted by atomic mass is 35.5. The van der Waals surface area contributed by atoms with E-state index in [0.29, 0.717) is 6.61 Å². The van der Waals surface area contributed by atoms with Crippen LogP contribution in [0.1, 0.15) is 23.6 Å². The first-order valence-corrected chi connectivity index (χ1v) is 6.43. The van der Waals surface area contributed by atoms with E-state index in [1.54, 1.807) is 0 Å². The Morgan fingerprint density at radius 3 is 2.55 bits per heavy atom. The fraction of sp³-hybridized carbons (Fsp3) is 0.176. The predicted octanol–water partition coefficient (Wildman–Crippen LogP) is 4.26. The third kappa shape index (κ3) is 4.72. The van der Waals surface area contributed by atoms with Gasteiger partial charge in [-0.05, 0) is 29.7 Å². The molecule has 0 aliphatic rings. The maximum atomic E-state index is 6.05. The quantitative estimate of drug-likeness (QED) is 0.806. The van der Waals surface area contributed by atoms with Gasteiger partial charge in [-0.15, -0.1) is 19.0 Å². The first kappa shape index (κ1) is 16.3. The molecule has 2 aromatic rings. The first-order chi connectivity index (χ1) is 9.29. The molecule has 0 bridgehead atoms. The van der Waals surface area contributed by atoms with E-state index >= 15 is 0 Å². The molecular weight excluding hydrogens is 270 g/mol. The number of benzene rings is 2. The van der Waals surface area contributed by atoms with Crippen molar-refractivity contribution in [2.45, 2.75) is 19.1 Å². The van der Waals surface area contributed by atoms with Gasteiger partial charge in [0.25, 0.3) is 0 Å². The lowest BCUT2D eigenvalue weighted by Gasteiger charge is -2.12. The second-order valence-electron chi connectivity index (χ2n) is 4.48. The van der Waals surface area contributed by atoms with Crippen LogP contribution in [0.5, 0.6) is 5.75 Å². The van der Waals surface area contributed by atoms with Gasteiger partial charge in [-0.2, -0.15) is 0 Å². The Labute approximate surface area is 126 Å². The van der Waals surface area contributed by atoms with Crippen LogP contribution in [0.15, 0.2) is 67.3 Å². The molecule has 0 fully saturated rings. The van der Waals surface area contributed by atoms with E-state index in [-0.39, 0.29) is 18.4 Å². The lowest BCUT2D eigenvalue weighted by atomic mass is 10.0. The number of nitrogens with two attached hydrogens (primary N) is 1. The molecular formula is C17H20ClNO. The van der Waals surface area contributed by atoms with Crippen LogP contribution < -0.4 is 10.5 Å². The van der Waals surface area contributed by atoms with Gasteiger partial charge in [-0.1, -0.05) is 48.5 Å². The van der Waals surface area contributed by atoms with Crippen LogP contribution in [0.4, 0.5) is 0 Å². The van der Waals surface area contributed by atoms with E-state index in [0.717, 1.165) is 23.3 Å². The lowest BCUT2D eigenvalue weighted by Crippen LogP contribution is -2.09. The molecule has 2 rings (SSSR count). The van der Waals surface area contributed by atoms with E-state index in [1.165, 1.54) is 0 Å². The summed E-state index contributed by atoms with van der Waals surface area (Å²) in [6, 6.07) is 18.0. The van der Waals surface area contributed by atoms with Gasteiger partial charge in [0.15, 0.2) is 0 Å². The minimum absolute atomic E-state index is 0. The van der Waals surface area contributed by atoms with Crippen LogP contribution in [0.3, 0.4) is 0 Å².